The molecule has 31 heavy (non-hydrogen) atoms. The molecule has 0 aliphatic heterocycles. The van der Waals surface area contributed by atoms with E-state index in [-0.39, 0.29) is 11.6 Å². The first kappa shape index (κ1) is 21.2. The fraction of sp³-hybridized carbons (Fsp3) is 0.107. The Morgan fingerprint density at radius 1 is 0.613 bits per heavy atom. The van der Waals surface area contributed by atoms with Crippen molar-refractivity contribution in [3.05, 3.63) is 127 Å². The van der Waals surface area contributed by atoms with E-state index in [1.807, 2.05) is 18.2 Å². The molecular formula is C28H26FOP. The number of ketones is 1. The molecule has 0 saturated heterocycles. The van der Waals surface area contributed by atoms with Crippen molar-refractivity contribution in [1.82, 2.24) is 0 Å². The van der Waals surface area contributed by atoms with Crippen LogP contribution >= 0.6 is 7.26 Å². The summed E-state index contributed by atoms with van der Waals surface area (Å²) in [4.78, 5) is 13.4. The summed E-state index contributed by atoms with van der Waals surface area (Å²) < 4.78 is 13.2. The Labute approximate surface area is 183 Å². The van der Waals surface area contributed by atoms with Crippen molar-refractivity contribution >= 4 is 29.0 Å². The molecule has 4 rings (SSSR count). The molecule has 0 fully saturated rings. The number of halogens is 1. The third-order valence-electron chi connectivity index (χ3n) is 5.87. The molecule has 0 bridgehead atoms. The fourth-order valence-corrected chi connectivity index (χ4v) is 8.96. The van der Waals surface area contributed by atoms with Gasteiger partial charge < -0.3 is 0 Å². The molecule has 0 unspecified atom stereocenters. The van der Waals surface area contributed by atoms with Crippen LogP contribution in [0.5, 0.6) is 0 Å². The Morgan fingerprint density at radius 2 is 1.03 bits per heavy atom. The quantitative estimate of drug-likeness (QED) is 0.359. The van der Waals surface area contributed by atoms with Gasteiger partial charge in [-0.2, -0.15) is 0 Å². The summed E-state index contributed by atoms with van der Waals surface area (Å²) in [5.41, 5.74) is 0.987. The number of aryl methyl sites for hydroxylation is 1. The Kier molecular flexibility index (Phi) is 6.70. The molecular weight excluding hydrogens is 402 g/mol. The van der Waals surface area contributed by atoms with Gasteiger partial charge in [0, 0.05) is 0 Å². The predicted molar refractivity (Wildman–Crippen MR) is 131 cm³/mol. The summed E-state index contributed by atoms with van der Waals surface area (Å²) in [6.45, 7) is 0. The molecule has 0 heterocycles. The van der Waals surface area contributed by atoms with Crippen LogP contribution in [0.25, 0.3) is 0 Å². The molecule has 1 nitrogen and oxygen atoms in total. The number of hydrogen-bond donors (Lipinski definition) is 0. The Bertz CT molecular complexity index is 1010. The van der Waals surface area contributed by atoms with Gasteiger partial charge in [-0.1, -0.05) is 0 Å². The van der Waals surface area contributed by atoms with E-state index in [2.05, 4.69) is 72.8 Å². The van der Waals surface area contributed by atoms with Crippen molar-refractivity contribution in [2.45, 2.75) is 12.8 Å². The minimum absolute atomic E-state index is 0.243. The molecule has 3 heteroatoms. The van der Waals surface area contributed by atoms with Gasteiger partial charge in [-0.15, -0.1) is 0 Å². The van der Waals surface area contributed by atoms with Crippen molar-refractivity contribution in [3.8, 4) is 0 Å². The summed E-state index contributed by atoms with van der Waals surface area (Å²) in [7, 11) is -2.54. The van der Waals surface area contributed by atoms with Crippen LogP contribution < -0.4 is 15.9 Å². The van der Waals surface area contributed by atoms with E-state index in [1.54, 1.807) is 12.1 Å². The van der Waals surface area contributed by atoms with Crippen molar-refractivity contribution < 1.29 is 9.18 Å². The minimum atomic E-state index is -2.54. The molecule has 0 amide bonds. The fourth-order valence-electron chi connectivity index (χ4n) is 4.29. The molecule has 0 saturated carbocycles. The first-order valence-corrected chi connectivity index (χ1v) is 12.8. The number of hydrogen-bond acceptors (Lipinski definition) is 1. The molecule has 0 aliphatic rings. The van der Waals surface area contributed by atoms with E-state index in [9.17, 15) is 9.18 Å². The van der Waals surface area contributed by atoms with Crippen LogP contribution in [-0.4, -0.2) is 11.9 Å². The monoisotopic (exact) mass is 428 g/mol. The summed E-state index contributed by atoms with van der Waals surface area (Å²) in [6.07, 6.45) is 1.58. The van der Waals surface area contributed by atoms with Crippen LogP contribution in [0, 0.1) is 5.82 Å². The van der Waals surface area contributed by atoms with Gasteiger partial charge in [-0.25, -0.2) is 0 Å². The summed E-state index contributed by atoms with van der Waals surface area (Å²) >= 11 is 0. The van der Waals surface area contributed by atoms with E-state index in [1.165, 1.54) is 28.0 Å². The molecule has 0 aromatic heterocycles. The second-order valence-electron chi connectivity index (χ2n) is 7.85. The van der Waals surface area contributed by atoms with E-state index in [0.29, 0.717) is 19.0 Å². The SMILES string of the molecule is O=C(CCc1ccc(F)cc1)C[PH](c1ccccc1)(c1ccccc1)c1ccccc1. The summed E-state index contributed by atoms with van der Waals surface area (Å²) in [6, 6.07) is 37.9. The van der Waals surface area contributed by atoms with Crippen molar-refractivity contribution in [2.24, 2.45) is 0 Å². The van der Waals surface area contributed by atoms with Crippen LogP contribution in [0.1, 0.15) is 12.0 Å². The van der Waals surface area contributed by atoms with E-state index in [0.717, 1.165) is 5.56 Å². The van der Waals surface area contributed by atoms with Crippen molar-refractivity contribution in [3.63, 3.8) is 0 Å². The normalized spacial score (nSPS) is 11.8. The Balaban J connectivity index is 1.73. The van der Waals surface area contributed by atoms with Crippen LogP contribution in [0.4, 0.5) is 4.39 Å². The molecule has 0 N–H and O–H groups in total. The number of carbonyl (C=O) groups is 1. The standard InChI is InChI=1S/C28H26FOP/c29-24-19-16-23(17-20-24)18-21-25(30)22-31(26-10-4-1-5-11-26,27-12-6-2-7-13-27)28-14-8-3-9-15-28/h1-17,19-20,31H,18,21-22H2. The topological polar surface area (TPSA) is 17.1 Å². The molecule has 0 atom stereocenters. The van der Waals surface area contributed by atoms with Gasteiger partial charge in [0.15, 0.2) is 0 Å². The summed E-state index contributed by atoms with van der Waals surface area (Å²) in [5, 5.41) is 3.72. The van der Waals surface area contributed by atoms with E-state index in [4.69, 9.17) is 0 Å². The third-order valence-corrected chi connectivity index (χ3v) is 10.7. The van der Waals surface area contributed by atoms with Crippen molar-refractivity contribution in [1.29, 1.82) is 0 Å². The summed E-state index contributed by atoms with van der Waals surface area (Å²) in [5.74, 6) is -0.00807. The Morgan fingerprint density at radius 3 is 1.45 bits per heavy atom. The molecule has 0 spiro atoms. The second-order valence-corrected chi connectivity index (χ2v) is 11.7. The molecule has 0 aliphatic carbocycles. The number of carbonyl (C=O) groups excluding carboxylic acids is 1. The van der Waals surface area contributed by atoms with Crippen LogP contribution in [0.15, 0.2) is 115 Å². The number of benzene rings is 4. The predicted octanol–water partition coefficient (Wildman–Crippen LogP) is 5.05. The zero-order valence-corrected chi connectivity index (χ0v) is 18.4. The van der Waals surface area contributed by atoms with Crippen LogP contribution in [-0.2, 0) is 11.2 Å². The van der Waals surface area contributed by atoms with Gasteiger partial charge in [-0.3, -0.25) is 0 Å². The van der Waals surface area contributed by atoms with Gasteiger partial charge in [-0.05, 0) is 0 Å². The molecule has 0 radical (unpaired) electrons. The van der Waals surface area contributed by atoms with Gasteiger partial charge in [0.25, 0.3) is 0 Å². The molecule has 156 valence electrons. The van der Waals surface area contributed by atoms with Gasteiger partial charge in [0.2, 0.25) is 0 Å². The van der Waals surface area contributed by atoms with Gasteiger partial charge >= 0.3 is 184 Å². The van der Waals surface area contributed by atoms with Gasteiger partial charge in [0.1, 0.15) is 0 Å². The van der Waals surface area contributed by atoms with Gasteiger partial charge in [0.05, 0.1) is 0 Å². The van der Waals surface area contributed by atoms with E-state index < -0.39 is 7.26 Å². The maximum absolute atomic E-state index is 13.4. The average Bonchev–Trinajstić information content (AvgIpc) is 2.84. The number of rotatable bonds is 8. The first-order valence-electron chi connectivity index (χ1n) is 10.6. The number of Topliss-reactive ketones (excluding diaryl/α,β-unsaturated/α-hetero) is 1. The maximum atomic E-state index is 13.4. The average molecular weight is 428 g/mol. The zero-order chi connectivity index (χ0) is 21.5. The van der Waals surface area contributed by atoms with E-state index >= 15 is 0 Å². The van der Waals surface area contributed by atoms with Crippen LogP contribution in [0.3, 0.4) is 0 Å². The van der Waals surface area contributed by atoms with Crippen molar-refractivity contribution in [2.75, 3.05) is 6.16 Å². The Hall–Kier alpha value is -3.09. The molecule has 4 aromatic rings. The first-order chi connectivity index (χ1) is 15.2. The second kappa shape index (κ2) is 9.81. The molecule has 4 aromatic carbocycles. The van der Waals surface area contributed by atoms with Crippen LogP contribution in [0.2, 0.25) is 0 Å². The third kappa shape index (κ3) is 4.81. The zero-order valence-electron chi connectivity index (χ0n) is 17.4.